The zero-order valence-corrected chi connectivity index (χ0v) is 8.27. The maximum atomic E-state index is 12.7. The molecule has 1 aromatic rings. The molecule has 0 atom stereocenters. The minimum atomic E-state index is -2.71. The maximum absolute atomic E-state index is 12.7. The van der Waals surface area contributed by atoms with Gasteiger partial charge in [-0.15, -0.1) is 0 Å². The average Bonchev–Trinajstić information content (AvgIpc) is 1.96. The minimum absolute atomic E-state index is 0.259. The summed E-state index contributed by atoms with van der Waals surface area (Å²) in [5.41, 5.74) is -0.163. The highest BCUT2D eigenvalue weighted by Gasteiger charge is 2.15. The van der Waals surface area contributed by atoms with E-state index in [0.29, 0.717) is 5.56 Å². The van der Waals surface area contributed by atoms with Gasteiger partial charge in [0.1, 0.15) is 5.69 Å². The molecule has 0 radical (unpaired) electrons. The summed E-state index contributed by atoms with van der Waals surface area (Å²) in [7, 11) is 0. The number of rotatable bonds is 1. The molecular weight excluding hydrogens is 282 g/mol. The van der Waals surface area contributed by atoms with E-state index < -0.39 is 18.1 Å². The lowest BCUT2D eigenvalue weighted by atomic mass is 10.2. The third kappa shape index (κ3) is 1.88. The van der Waals surface area contributed by atoms with Crippen molar-refractivity contribution in [3.8, 4) is 0 Å². The summed E-state index contributed by atoms with van der Waals surface area (Å²) in [6, 6.07) is 1.35. The van der Waals surface area contributed by atoms with E-state index in [1.54, 1.807) is 22.6 Å². The summed E-state index contributed by atoms with van der Waals surface area (Å²) in [6.07, 6.45) is -2.71. The maximum Gasteiger partial charge on any atom is 0.280 e. The van der Waals surface area contributed by atoms with E-state index in [-0.39, 0.29) is 3.57 Å². The topological polar surface area (TPSA) is 12.9 Å². The molecule has 0 bridgehead atoms. The summed E-state index contributed by atoms with van der Waals surface area (Å²) < 4.78 is 37.1. The van der Waals surface area contributed by atoms with Crippen LogP contribution in [-0.4, -0.2) is 4.98 Å². The van der Waals surface area contributed by atoms with Crippen molar-refractivity contribution in [2.75, 3.05) is 0 Å². The van der Waals surface area contributed by atoms with Crippen LogP contribution < -0.4 is 0 Å². The lowest BCUT2D eigenvalue weighted by Gasteiger charge is -2.03. The Morgan fingerprint density at radius 1 is 1.50 bits per heavy atom. The van der Waals surface area contributed by atoms with E-state index >= 15 is 0 Å². The molecule has 12 heavy (non-hydrogen) atoms. The normalized spacial score (nSPS) is 10.8. The standard InChI is InChI=1S/C7H5F3IN/c1-3-2-4(11)7(10)12-5(3)6(8)9/h2,6H,1H3. The second kappa shape index (κ2) is 3.59. The quantitative estimate of drug-likeness (QED) is 0.571. The van der Waals surface area contributed by atoms with Crippen molar-refractivity contribution in [3.63, 3.8) is 0 Å². The number of alkyl halides is 2. The van der Waals surface area contributed by atoms with Gasteiger partial charge in [0.05, 0.1) is 3.57 Å². The smallest absolute Gasteiger partial charge is 0.218 e. The van der Waals surface area contributed by atoms with Crippen LogP contribution in [0.15, 0.2) is 6.07 Å². The predicted molar refractivity (Wildman–Crippen MR) is 46.6 cm³/mol. The van der Waals surface area contributed by atoms with Crippen LogP contribution in [0.5, 0.6) is 0 Å². The lowest BCUT2D eigenvalue weighted by Crippen LogP contribution is -1.99. The molecule has 1 rings (SSSR count). The Labute approximate surface area is 81.1 Å². The largest absolute Gasteiger partial charge is 0.280 e. The van der Waals surface area contributed by atoms with E-state index in [0.717, 1.165) is 0 Å². The van der Waals surface area contributed by atoms with Crippen LogP contribution in [0.1, 0.15) is 17.7 Å². The van der Waals surface area contributed by atoms with Gasteiger partial charge in [0.15, 0.2) is 0 Å². The van der Waals surface area contributed by atoms with Crippen LogP contribution in [0.25, 0.3) is 0 Å². The van der Waals surface area contributed by atoms with E-state index in [4.69, 9.17) is 0 Å². The van der Waals surface area contributed by atoms with Gasteiger partial charge >= 0.3 is 0 Å². The molecule has 0 aliphatic carbocycles. The molecule has 0 unspecified atom stereocenters. The number of aryl methyl sites for hydroxylation is 1. The zero-order chi connectivity index (χ0) is 9.30. The number of pyridine rings is 1. The Morgan fingerprint density at radius 2 is 2.08 bits per heavy atom. The van der Waals surface area contributed by atoms with Crippen LogP contribution in [0.2, 0.25) is 0 Å². The predicted octanol–water partition coefficient (Wildman–Crippen LogP) is 3.07. The van der Waals surface area contributed by atoms with Gasteiger partial charge in [-0.3, -0.25) is 0 Å². The average molecular weight is 287 g/mol. The molecule has 0 saturated carbocycles. The summed E-state index contributed by atoms with van der Waals surface area (Å²) >= 11 is 1.71. The first kappa shape index (κ1) is 9.76. The number of aromatic nitrogens is 1. The van der Waals surface area contributed by atoms with Crippen molar-refractivity contribution in [2.24, 2.45) is 0 Å². The van der Waals surface area contributed by atoms with Gasteiger partial charge in [0.25, 0.3) is 6.43 Å². The molecule has 1 aromatic heterocycles. The fourth-order valence-electron chi connectivity index (χ4n) is 0.792. The lowest BCUT2D eigenvalue weighted by molar-refractivity contribution is 0.144. The van der Waals surface area contributed by atoms with Crippen LogP contribution in [0.3, 0.4) is 0 Å². The fourth-order valence-corrected chi connectivity index (χ4v) is 1.38. The van der Waals surface area contributed by atoms with Gasteiger partial charge in [0.2, 0.25) is 5.95 Å². The summed E-state index contributed by atoms with van der Waals surface area (Å²) in [6.45, 7) is 1.48. The van der Waals surface area contributed by atoms with Crippen LogP contribution in [0, 0.1) is 16.4 Å². The van der Waals surface area contributed by atoms with Crippen LogP contribution in [-0.2, 0) is 0 Å². The van der Waals surface area contributed by atoms with Crippen molar-refractivity contribution in [2.45, 2.75) is 13.3 Å². The first-order valence-corrected chi connectivity index (χ1v) is 4.21. The van der Waals surface area contributed by atoms with Gasteiger partial charge in [-0.05, 0) is 41.1 Å². The van der Waals surface area contributed by atoms with Gasteiger partial charge in [0, 0.05) is 0 Å². The highest BCUT2D eigenvalue weighted by molar-refractivity contribution is 14.1. The number of nitrogens with zero attached hydrogens (tertiary/aromatic N) is 1. The molecule has 0 N–H and O–H groups in total. The van der Waals surface area contributed by atoms with E-state index in [9.17, 15) is 13.2 Å². The van der Waals surface area contributed by atoms with Gasteiger partial charge in [-0.25, -0.2) is 13.8 Å². The molecule has 0 fully saturated rings. The Hall–Kier alpha value is -0.330. The van der Waals surface area contributed by atoms with Crippen LogP contribution in [0.4, 0.5) is 13.2 Å². The fraction of sp³-hybridized carbons (Fsp3) is 0.286. The first-order valence-electron chi connectivity index (χ1n) is 3.13. The molecule has 1 nitrogen and oxygen atoms in total. The van der Waals surface area contributed by atoms with Crippen LogP contribution >= 0.6 is 22.6 Å². The monoisotopic (exact) mass is 287 g/mol. The van der Waals surface area contributed by atoms with Crippen molar-refractivity contribution in [1.29, 1.82) is 0 Å². The summed E-state index contributed by atoms with van der Waals surface area (Å²) in [5, 5.41) is 0. The Balaban J connectivity index is 3.23. The molecule has 66 valence electrons. The van der Waals surface area contributed by atoms with Gasteiger partial charge in [-0.1, -0.05) is 0 Å². The van der Waals surface area contributed by atoms with Gasteiger partial charge < -0.3 is 0 Å². The Morgan fingerprint density at radius 3 is 2.58 bits per heavy atom. The second-order valence-electron chi connectivity index (χ2n) is 2.26. The van der Waals surface area contributed by atoms with E-state index in [1.165, 1.54) is 13.0 Å². The van der Waals surface area contributed by atoms with E-state index in [2.05, 4.69) is 4.98 Å². The Bertz CT molecular complexity index is 301. The van der Waals surface area contributed by atoms with Gasteiger partial charge in [-0.2, -0.15) is 4.39 Å². The minimum Gasteiger partial charge on any atom is -0.218 e. The Kier molecular flexibility index (Phi) is 2.92. The molecule has 0 aliphatic heterocycles. The van der Waals surface area contributed by atoms with Crippen molar-refractivity contribution in [3.05, 3.63) is 26.8 Å². The highest BCUT2D eigenvalue weighted by Crippen LogP contribution is 2.22. The van der Waals surface area contributed by atoms with Crippen molar-refractivity contribution < 1.29 is 13.2 Å². The van der Waals surface area contributed by atoms with Crippen molar-refractivity contribution >= 4 is 22.6 Å². The van der Waals surface area contributed by atoms with E-state index in [1.807, 2.05) is 0 Å². The van der Waals surface area contributed by atoms with Crippen molar-refractivity contribution in [1.82, 2.24) is 4.98 Å². The SMILES string of the molecule is Cc1cc(I)c(F)nc1C(F)F. The highest BCUT2D eigenvalue weighted by atomic mass is 127. The zero-order valence-electron chi connectivity index (χ0n) is 6.11. The molecule has 5 heteroatoms. The molecule has 0 saturated heterocycles. The molecular formula is C7H5F3IN. The number of halogens is 4. The molecule has 1 heterocycles. The molecule has 0 spiro atoms. The molecule has 0 aromatic carbocycles. The third-order valence-corrected chi connectivity index (χ3v) is 2.13. The second-order valence-corrected chi connectivity index (χ2v) is 3.43. The number of hydrogen-bond acceptors (Lipinski definition) is 1. The summed E-state index contributed by atoms with van der Waals surface area (Å²) in [4.78, 5) is 3.15. The molecule has 0 aliphatic rings. The summed E-state index contributed by atoms with van der Waals surface area (Å²) in [5.74, 6) is -0.837. The number of hydrogen-bond donors (Lipinski definition) is 0. The molecule has 0 amide bonds. The first-order chi connectivity index (χ1) is 5.52. The third-order valence-electron chi connectivity index (χ3n) is 1.37.